The normalized spacial score (nSPS) is 21.9. The second kappa shape index (κ2) is 4.88. The molecule has 2 N–H and O–H groups in total. The highest BCUT2D eigenvalue weighted by Crippen LogP contribution is 2.39. The van der Waals surface area contributed by atoms with Crippen molar-refractivity contribution in [2.75, 3.05) is 0 Å². The predicted octanol–water partition coefficient (Wildman–Crippen LogP) is 4.24. The first-order chi connectivity index (χ1) is 9.91. The largest absolute Gasteiger partial charge is 0.416 e. The van der Waals surface area contributed by atoms with Crippen molar-refractivity contribution in [2.24, 2.45) is 5.73 Å². The minimum Gasteiger partial charge on any atom is -0.318 e. The first-order valence-electron chi connectivity index (χ1n) is 6.96. The summed E-state index contributed by atoms with van der Waals surface area (Å²) in [5, 5.41) is 0. The Hall–Kier alpha value is -1.81. The highest BCUT2D eigenvalue weighted by atomic mass is 19.4. The van der Waals surface area contributed by atoms with E-state index in [1.54, 1.807) is 0 Å². The van der Waals surface area contributed by atoms with Gasteiger partial charge in [0.15, 0.2) is 0 Å². The van der Waals surface area contributed by atoms with Crippen molar-refractivity contribution >= 4 is 0 Å². The molecule has 2 aromatic rings. The summed E-state index contributed by atoms with van der Waals surface area (Å²) in [7, 11) is 0. The zero-order valence-electron chi connectivity index (χ0n) is 11.5. The summed E-state index contributed by atoms with van der Waals surface area (Å²) in [6, 6.07) is 13.2. The summed E-state index contributed by atoms with van der Waals surface area (Å²) >= 11 is 0. The number of hydrogen-bond donors (Lipinski definition) is 1. The molecule has 3 rings (SSSR count). The van der Waals surface area contributed by atoms with Gasteiger partial charge in [0.25, 0.3) is 0 Å². The van der Waals surface area contributed by atoms with Gasteiger partial charge in [0.2, 0.25) is 0 Å². The minimum atomic E-state index is -4.31. The first kappa shape index (κ1) is 14.1. The van der Waals surface area contributed by atoms with E-state index in [2.05, 4.69) is 0 Å². The average Bonchev–Trinajstić information content (AvgIpc) is 2.47. The summed E-state index contributed by atoms with van der Waals surface area (Å²) < 4.78 is 38.0. The number of hydrogen-bond acceptors (Lipinski definition) is 1. The van der Waals surface area contributed by atoms with E-state index in [0.29, 0.717) is 0 Å². The van der Waals surface area contributed by atoms with Crippen LogP contribution in [0.1, 0.15) is 35.1 Å². The molecule has 0 radical (unpaired) electrons. The van der Waals surface area contributed by atoms with Crippen LogP contribution in [0.3, 0.4) is 0 Å². The number of rotatable bonds is 1. The Labute approximate surface area is 121 Å². The van der Waals surface area contributed by atoms with Crippen LogP contribution in [0.2, 0.25) is 0 Å². The van der Waals surface area contributed by atoms with Gasteiger partial charge in [-0.15, -0.1) is 0 Å². The third-order valence-electron chi connectivity index (χ3n) is 4.24. The van der Waals surface area contributed by atoms with Crippen molar-refractivity contribution in [1.29, 1.82) is 0 Å². The summed E-state index contributed by atoms with van der Waals surface area (Å²) in [6.45, 7) is 0. The lowest BCUT2D eigenvalue weighted by atomic mass is 9.73. The zero-order chi connectivity index (χ0) is 15.1. The molecular formula is C17H16F3N. The van der Waals surface area contributed by atoms with E-state index in [4.69, 9.17) is 5.73 Å². The van der Waals surface area contributed by atoms with E-state index in [1.807, 2.05) is 24.3 Å². The SMILES string of the molecule is NC1(c2ccc(C(F)(F)F)cc2)CCCc2ccccc21. The summed E-state index contributed by atoms with van der Waals surface area (Å²) in [6.07, 6.45) is -1.66. The topological polar surface area (TPSA) is 26.0 Å². The van der Waals surface area contributed by atoms with Gasteiger partial charge in [0.1, 0.15) is 0 Å². The molecule has 1 atom stereocenters. The smallest absolute Gasteiger partial charge is 0.318 e. The number of halogens is 3. The lowest BCUT2D eigenvalue weighted by Gasteiger charge is -2.36. The summed E-state index contributed by atoms with van der Waals surface area (Å²) in [4.78, 5) is 0. The molecule has 2 aromatic carbocycles. The van der Waals surface area contributed by atoms with Crippen molar-refractivity contribution in [1.82, 2.24) is 0 Å². The van der Waals surface area contributed by atoms with Crippen molar-refractivity contribution < 1.29 is 13.2 Å². The molecule has 0 saturated carbocycles. The molecule has 21 heavy (non-hydrogen) atoms. The molecule has 0 spiro atoms. The monoisotopic (exact) mass is 291 g/mol. The van der Waals surface area contributed by atoms with Gasteiger partial charge in [-0.25, -0.2) is 0 Å². The van der Waals surface area contributed by atoms with Gasteiger partial charge in [-0.1, -0.05) is 36.4 Å². The Morgan fingerprint density at radius 3 is 2.29 bits per heavy atom. The predicted molar refractivity (Wildman–Crippen MR) is 75.8 cm³/mol. The van der Waals surface area contributed by atoms with Crippen LogP contribution in [-0.4, -0.2) is 0 Å². The van der Waals surface area contributed by atoms with E-state index in [0.717, 1.165) is 42.5 Å². The van der Waals surface area contributed by atoms with Crippen molar-refractivity contribution in [3.05, 3.63) is 70.8 Å². The minimum absolute atomic E-state index is 0.640. The van der Waals surface area contributed by atoms with E-state index in [1.165, 1.54) is 17.7 Å². The molecule has 0 fully saturated rings. The van der Waals surface area contributed by atoms with Crippen LogP contribution in [-0.2, 0) is 18.1 Å². The lowest BCUT2D eigenvalue weighted by molar-refractivity contribution is -0.137. The second-order valence-corrected chi connectivity index (χ2v) is 5.56. The Kier molecular flexibility index (Phi) is 3.29. The van der Waals surface area contributed by atoms with Crippen LogP contribution in [0.15, 0.2) is 48.5 Å². The standard InChI is InChI=1S/C17H16F3N/c18-17(19,20)14-9-7-13(8-10-14)16(21)11-3-5-12-4-1-2-6-15(12)16/h1-2,4,6-10H,3,5,11,21H2. The molecule has 1 aliphatic rings. The molecule has 0 aliphatic heterocycles. The molecule has 4 heteroatoms. The fraction of sp³-hybridized carbons (Fsp3) is 0.294. The zero-order valence-corrected chi connectivity index (χ0v) is 11.5. The fourth-order valence-corrected chi connectivity index (χ4v) is 3.12. The molecule has 0 heterocycles. The van der Waals surface area contributed by atoms with Gasteiger partial charge in [0.05, 0.1) is 11.1 Å². The summed E-state index contributed by atoms with van der Waals surface area (Å²) in [5.41, 5.74) is 8.18. The van der Waals surface area contributed by atoms with Crippen LogP contribution in [0, 0.1) is 0 Å². The van der Waals surface area contributed by atoms with Gasteiger partial charge in [-0.3, -0.25) is 0 Å². The molecule has 0 saturated heterocycles. The second-order valence-electron chi connectivity index (χ2n) is 5.56. The Morgan fingerprint density at radius 2 is 1.62 bits per heavy atom. The fourth-order valence-electron chi connectivity index (χ4n) is 3.12. The van der Waals surface area contributed by atoms with Crippen molar-refractivity contribution in [3.8, 4) is 0 Å². The van der Waals surface area contributed by atoms with E-state index in [9.17, 15) is 13.2 Å². The number of alkyl halides is 3. The molecule has 0 amide bonds. The molecular weight excluding hydrogens is 275 g/mol. The highest BCUT2D eigenvalue weighted by Gasteiger charge is 2.35. The number of benzene rings is 2. The maximum absolute atomic E-state index is 12.7. The third-order valence-corrected chi connectivity index (χ3v) is 4.24. The molecule has 1 unspecified atom stereocenters. The van der Waals surface area contributed by atoms with Crippen LogP contribution >= 0.6 is 0 Å². The van der Waals surface area contributed by atoms with Gasteiger partial charge < -0.3 is 5.73 Å². The Bertz CT molecular complexity index is 646. The number of nitrogens with two attached hydrogens (primary N) is 1. The Balaban J connectivity index is 2.04. The van der Waals surface area contributed by atoms with Crippen molar-refractivity contribution in [2.45, 2.75) is 31.0 Å². The lowest BCUT2D eigenvalue weighted by Crippen LogP contribution is -2.41. The quantitative estimate of drug-likeness (QED) is 0.835. The van der Waals surface area contributed by atoms with Crippen LogP contribution < -0.4 is 5.73 Å². The van der Waals surface area contributed by atoms with Crippen molar-refractivity contribution in [3.63, 3.8) is 0 Å². The van der Waals surface area contributed by atoms with Gasteiger partial charge in [-0.2, -0.15) is 13.2 Å². The van der Waals surface area contributed by atoms with Gasteiger partial charge in [-0.05, 0) is 48.1 Å². The maximum Gasteiger partial charge on any atom is 0.416 e. The van der Waals surface area contributed by atoms with Gasteiger partial charge >= 0.3 is 6.18 Å². The molecule has 110 valence electrons. The van der Waals surface area contributed by atoms with Crippen LogP contribution in [0.4, 0.5) is 13.2 Å². The first-order valence-corrected chi connectivity index (χ1v) is 6.96. The highest BCUT2D eigenvalue weighted by molar-refractivity contribution is 5.45. The van der Waals surface area contributed by atoms with E-state index < -0.39 is 17.3 Å². The molecule has 0 aromatic heterocycles. The Morgan fingerprint density at radius 1 is 0.952 bits per heavy atom. The molecule has 1 nitrogen and oxygen atoms in total. The molecule has 0 bridgehead atoms. The maximum atomic E-state index is 12.7. The average molecular weight is 291 g/mol. The van der Waals surface area contributed by atoms with E-state index in [-0.39, 0.29) is 0 Å². The van der Waals surface area contributed by atoms with Crippen LogP contribution in [0.25, 0.3) is 0 Å². The summed E-state index contributed by atoms with van der Waals surface area (Å²) in [5.74, 6) is 0. The van der Waals surface area contributed by atoms with Crippen LogP contribution in [0.5, 0.6) is 0 Å². The van der Waals surface area contributed by atoms with Gasteiger partial charge in [0, 0.05) is 0 Å². The number of fused-ring (bicyclic) bond motifs is 1. The number of aryl methyl sites for hydroxylation is 1. The third kappa shape index (κ3) is 2.44. The molecule has 1 aliphatic carbocycles. The van der Waals surface area contributed by atoms with E-state index >= 15 is 0 Å².